The van der Waals surface area contributed by atoms with Gasteiger partial charge in [0.05, 0.1) is 0 Å². The highest BCUT2D eigenvalue weighted by Gasteiger charge is 2.31. The summed E-state index contributed by atoms with van der Waals surface area (Å²) in [6.45, 7) is 7.75. The van der Waals surface area contributed by atoms with E-state index in [1.54, 1.807) is 0 Å². The summed E-state index contributed by atoms with van der Waals surface area (Å²) in [7, 11) is 0. The molecule has 1 N–H and O–H groups in total. The van der Waals surface area contributed by atoms with Gasteiger partial charge < -0.3 is 5.32 Å². The Balaban J connectivity index is 1.52. The topological polar surface area (TPSA) is 32.3 Å². The van der Waals surface area contributed by atoms with Crippen LogP contribution in [0.1, 0.15) is 50.7 Å². The van der Waals surface area contributed by atoms with Crippen molar-refractivity contribution in [3.8, 4) is 0 Å². The molecule has 3 nitrogen and oxygen atoms in total. The summed E-state index contributed by atoms with van der Waals surface area (Å²) in [6.07, 6.45) is 3.62. The highest BCUT2D eigenvalue weighted by Crippen LogP contribution is 2.31. The Bertz CT molecular complexity index is 763. The third-order valence-corrected chi connectivity index (χ3v) is 6.62. The molecule has 1 aliphatic rings. The number of nitrogens with one attached hydrogen (secondary N) is 1. The van der Waals surface area contributed by atoms with Crippen LogP contribution in [0.2, 0.25) is 0 Å². The van der Waals surface area contributed by atoms with E-state index in [1.807, 2.05) is 18.2 Å². The van der Waals surface area contributed by atoms with Gasteiger partial charge in [0.15, 0.2) is 0 Å². The summed E-state index contributed by atoms with van der Waals surface area (Å²) in [4.78, 5) is 15.3. The van der Waals surface area contributed by atoms with Crippen LogP contribution in [-0.4, -0.2) is 30.4 Å². The number of rotatable bonds is 8. The molecule has 0 spiro atoms. The maximum atomic E-state index is 13.3. The van der Waals surface area contributed by atoms with Crippen LogP contribution in [0, 0.1) is 11.7 Å². The number of carbonyl (C=O) groups excluding carboxylic acids is 1. The quantitative estimate of drug-likeness (QED) is 0.687. The average Bonchev–Trinajstić information content (AvgIpc) is 2.77. The molecule has 3 rings (SSSR count). The van der Waals surface area contributed by atoms with Gasteiger partial charge in [-0.25, -0.2) is 4.39 Å². The maximum absolute atomic E-state index is 13.3. The zero-order valence-electron chi connectivity index (χ0n) is 17.7. The van der Waals surface area contributed by atoms with Gasteiger partial charge in [-0.05, 0) is 62.0 Å². The number of carbonyl (C=O) groups is 1. The Hall–Kier alpha value is -2.20. The van der Waals surface area contributed by atoms with Crippen LogP contribution in [0.15, 0.2) is 54.6 Å². The lowest BCUT2D eigenvalue weighted by Crippen LogP contribution is -2.45. The van der Waals surface area contributed by atoms with Crippen LogP contribution in [0.25, 0.3) is 0 Å². The fraction of sp³-hybridized carbons (Fsp3) is 0.480. The van der Waals surface area contributed by atoms with E-state index < -0.39 is 0 Å². The largest absolute Gasteiger partial charge is 0.355 e. The van der Waals surface area contributed by atoms with E-state index in [-0.39, 0.29) is 23.1 Å². The molecule has 0 atom stereocenters. The number of piperidine rings is 1. The predicted octanol–water partition coefficient (Wildman–Crippen LogP) is 4.91. The summed E-state index contributed by atoms with van der Waals surface area (Å²) in [5.41, 5.74) is 2.28. The molecule has 1 heterocycles. The first-order chi connectivity index (χ1) is 14.1. The summed E-state index contributed by atoms with van der Waals surface area (Å²) >= 11 is 0. The Morgan fingerprint density at radius 1 is 1.03 bits per heavy atom. The number of halogens is 1. The van der Waals surface area contributed by atoms with E-state index in [0.29, 0.717) is 6.54 Å². The number of likely N-dealkylation sites (tertiary alicyclic amines) is 1. The first-order valence-electron chi connectivity index (χ1n) is 10.9. The van der Waals surface area contributed by atoms with Crippen molar-refractivity contribution in [2.45, 2.75) is 51.5 Å². The number of benzene rings is 2. The van der Waals surface area contributed by atoms with Crippen LogP contribution in [0.3, 0.4) is 0 Å². The molecule has 4 heteroatoms. The van der Waals surface area contributed by atoms with Crippen LogP contribution in [0.5, 0.6) is 0 Å². The van der Waals surface area contributed by atoms with E-state index in [2.05, 4.69) is 48.3 Å². The van der Waals surface area contributed by atoms with Crippen molar-refractivity contribution in [2.75, 3.05) is 19.6 Å². The van der Waals surface area contributed by atoms with Gasteiger partial charge >= 0.3 is 0 Å². The smallest absolute Gasteiger partial charge is 0.223 e. The molecule has 0 saturated carbocycles. The maximum Gasteiger partial charge on any atom is 0.223 e. The van der Waals surface area contributed by atoms with Crippen LogP contribution >= 0.6 is 0 Å². The van der Waals surface area contributed by atoms with Crippen LogP contribution in [-0.2, 0) is 16.8 Å². The van der Waals surface area contributed by atoms with Gasteiger partial charge in [-0.3, -0.25) is 9.69 Å². The van der Waals surface area contributed by atoms with Gasteiger partial charge in [-0.1, -0.05) is 56.3 Å². The first-order valence-corrected chi connectivity index (χ1v) is 10.9. The summed E-state index contributed by atoms with van der Waals surface area (Å²) < 4.78 is 13.3. The monoisotopic (exact) mass is 396 g/mol. The molecule has 2 aromatic carbocycles. The van der Waals surface area contributed by atoms with Crippen molar-refractivity contribution in [3.63, 3.8) is 0 Å². The molecule has 1 amide bonds. The first kappa shape index (κ1) is 21.5. The minimum Gasteiger partial charge on any atom is -0.355 e. The summed E-state index contributed by atoms with van der Waals surface area (Å²) in [6, 6.07) is 17.2. The van der Waals surface area contributed by atoms with E-state index in [1.165, 1.54) is 17.7 Å². The molecular weight excluding hydrogens is 363 g/mol. The lowest BCUT2D eigenvalue weighted by atomic mass is 9.75. The molecule has 0 bridgehead atoms. The summed E-state index contributed by atoms with van der Waals surface area (Å²) in [5, 5.41) is 3.22. The molecule has 1 fully saturated rings. The SMILES string of the molecule is CCC(CC)(CNC(=O)C1CCN(Cc2ccccc2)CC1)c1ccc(F)cc1. The molecule has 29 heavy (non-hydrogen) atoms. The minimum absolute atomic E-state index is 0.0849. The van der Waals surface area contributed by atoms with Crippen molar-refractivity contribution in [1.82, 2.24) is 10.2 Å². The molecule has 2 aromatic rings. The van der Waals surface area contributed by atoms with Gasteiger partial charge in [-0.2, -0.15) is 0 Å². The highest BCUT2D eigenvalue weighted by atomic mass is 19.1. The Morgan fingerprint density at radius 3 is 2.24 bits per heavy atom. The van der Waals surface area contributed by atoms with Crippen LogP contribution in [0.4, 0.5) is 4.39 Å². The second kappa shape index (κ2) is 10.0. The summed E-state index contributed by atoms with van der Waals surface area (Å²) in [5.74, 6) is 0.0283. The Morgan fingerprint density at radius 2 is 1.66 bits per heavy atom. The fourth-order valence-electron chi connectivity index (χ4n) is 4.41. The van der Waals surface area contributed by atoms with Crippen molar-refractivity contribution >= 4 is 5.91 Å². The van der Waals surface area contributed by atoms with Crippen molar-refractivity contribution < 1.29 is 9.18 Å². The zero-order valence-corrected chi connectivity index (χ0v) is 17.7. The van der Waals surface area contributed by atoms with Gasteiger partial charge in [0, 0.05) is 24.4 Å². The third kappa shape index (κ3) is 5.45. The third-order valence-electron chi connectivity index (χ3n) is 6.62. The molecule has 0 radical (unpaired) electrons. The Labute approximate surface area is 174 Å². The minimum atomic E-state index is -0.221. The Kier molecular flexibility index (Phi) is 7.43. The lowest BCUT2D eigenvalue weighted by Gasteiger charge is -2.35. The van der Waals surface area contributed by atoms with E-state index >= 15 is 0 Å². The van der Waals surface area contributed by atoms with Crippen LogP contribution < -0.4 is 5.32 Å². The average molecular weight is 397 g/mol. The lowest BCUT2D eigenvalue weighted by molar-refractivity contribution is -0.126. The van der Waals surface area contributed by atoms with Crippen molar-refractivity contribution in [2.24, 2.45) is 5.92 Å². The van der Waals surface area contributed by atoms with Gasteiger partial charge in [0.2, 0.25) is 5.91 Å². The van der Waals surface area contributed by atoms with Gasteiger partial charge in [-0.15, -0.1) is 0 Å². The number of hydrogen-bond donors (Lipinski definition) is 1. The molecule has 156 valence electrons. The second-order valence-electron chi connectivity index (χ2n) is 8.25. The van der Waals surface area contributed by atoms with Crippen molar-refractivity contribution in [1.29, 1.82) is 0 Å². The fourth-order valence-corrected chi connectivity index (χ4v) is 4.41. The van der Waals surface area contributed by atoms with E-state index in [9.17, 15) is 9.18 Å². The molecule has 0 aliphatic carbocycles. The van der Waals surface area contributed by atoms with E-state index in [0.717, 1.165) is 50.9 Å². The predicted molar refractivity (Wildman–Crippen MR) is 116 cm³/mol. The second-order valence-corrected chi connectivity index (χ2v) is 8.25. The molecular formula is C25H33FN2O. The number of nitrogens with zero attached hydrogens (tertiary/aromatic N) is 1. The number of amides is 1. The molecule has 0 unspecified atom stereocenters. The van der Waals surface area contributed by atoms with Crippen molar-refractivity contribution in [3.05, 3.63) is 71.5 Å². The normalized spacial score (nSPS) is 16.0. The standard InChI is InChI=1S/C25H33FN2O/c1-3-25(4-2,22-10-12-23(26)13-11-22)19-27-24(29)21-14-16-28(17-15-21)18-20-8-6-5-7-9-20/h5-13,21H,3-4,14-19H2,1-2H3,(H,27,29). The van der Waals surface area contributed by atoms with Gasteiger partial charge in [0.1, 0.15) is 5.82 Å². The highest BCUT2D eigenvalue weighted by molar-refractivity contribution is 5.78. The van der Waals surface area contributed by atoms with E-state index in [4.69, 9.17) is 0 Å². The zero-order chi connectivity index (χ0) is 20.7. The molecule has 1 aliphatic heterocycles. The number of hydrogen-bond acceptors (Lipinski definition) is 2. The molecule has 1 saturated heterocycles. The van der Waals surface area contributed by atoms with Gasteiger partial charge in [0.25, 0.3) is 0 Å². The molecule has 0 aromatic heterocycles.